The number of alkyl halides is 2. The van der Waals surface area contributed by atoms with Crippen molar-refractivity contribution < 1.29 is 21.9 Å². The molecule has 0 aliphatic rings. The molecule has 0 unspecified atom stereocenters. The number of nitriles is 1. The van der Waals surface area contributed by atoms with Gasteiger partial charge in [-0.25, -0.2) is 21.9 Å². The van der Waals surface area contributed by atoms with Crippen LogP contribution in [0.2, 0.25) is 0 Å². The lowest BCUT2D eigenvalue weighted by atomic mass is 10.2. The van der Waals surface area contributed by atoms with Crippen LogP contribution in [0, 0.1) is 11.3 Å². The van der Waals surface area contributed by atoms with Gasteiger partial charge in [-0.05, 0) is 18.2 Å². The van der Waals surface area contributed by atoms with E-state index in [9.17, 15) is 17.2 Å². The summed E-state index contributed by atoms with van der Waals surface area (Å²) < 4.78 is 56.4. The van der Waals surface area contributed by atoms with Gasteiger partial charge in [-0.15, -0.1) is 0 Å². The predicted molar refractivity (Wildman–Crippen MR) is 66.9 cm³/mol. The van der Waals surface area contributed by atoms with E-state index < -0.39 is 29.0 Å². The van der Waals surface area contributed by atoms with E-state index in [4.69, 9.17) is 15.7 Å². The lowest BCUT2D eigenvalue weighted by Crippen LogP contribution is -2.41. The standard InChI is InChI=1S/C11H13F2N3O3S/c1-19-9-4-8(5-14)2-3-10(9)20(17,18)16-7-11(12,13)6-15/h2-4,16H,6-7,15H2,1H3. The number of methoxy groups -OCH3 is 1. The maximum Gasteiger partial charge on any atom is 0.273 e. The SMILES string of the molecule is COc1cc(C#N)ccc1S(=O)(=O)NCC(F)(F)CN. The largest absolute Gasteiger partial charge is 0.495 e. The van der Waals surface area contributed by atoms with Crippen molar-refractivity contribution in [2.75, 3.05) is 20.2 Å². The van der Waals surface area contributed by atoms with Crippen molar-refractivity contribution in [1.29, 1.82) is 5.26 Å². The van der Waals surface area contributed by atoms with Crippen LogP contribution >= 0.6 is 0 Å². The van der Waals surface area contributed by atoms with Crippen molar-refractivity contribution in [3.8, 4) is 11.8 Å². The summed E-state index contributed by atoms with van der Waals surface area (Å²) in [5, 5.41) is 8.71. The van der Waals surface area contributed by atoms with E-state index in [1.54, 1.807) is 4.72 Å². The Kier molecular flexibility index (Phi) is 4.99. The number of hydrogen-bond donors (Lipinski definition) is 2. The molecule has 1 aromatic carbocycles. The van der Waals surface area contributed by atoms with Gasteiger partial charge in [0.15, 0.2) is 0 Å². The second-order valence-electron chi connectivity index (χ2n) is 3.86. The molecular formula is C11H13F2N3O3S. The van der Waals surface area contributed by atoms with Crippen LogP contribution in [-0.4, -0.2) is 34.5 Å². The number of ether oxygens (including phenoxy) is 1. The van der Waals surface area contributed by atoms with Gasteiger partial charge in [0.25, 0.3) is 5.92 Å². The molecule has 0 aliphatic heterocycles. The van der Waals surface area contributed by atoms with E-state index in [0.29, 0.717) is 0 Å². The molecule has 6 nitrogen and oxygen atoms in total. The molecule has 0 amide bonds. The molecule has 0 saturated carbocycles. The summed E-state index contributed by atoms with van der Waals surface area (Å²) in [5.41, 5.74) is 5.01. The second kappa shape index (κ2) is 6.13. The topological polar surface area (TPSA) is 105 Å². The smallest absolute Gasteiger partial charge is 0.273 e. The summed E-state index contributed by atoms with van der Waals surface area (Å²) in [5.74, 6) is -3.44. The van der Waals surface area contributed by atoms with E-state index in [0.717, 1.165) is 6.07 Å². The van der Waals surface area contributed by atoms with Crippen LogP contribution in [0.5, 0.6) is 5.75 Å². The second-order valence-corrected chi connectivity index (χ2v) is 5.60. The highest BCUT2D eigenvalue weighted by molar-refractivity contribution is 7.89. The fourth-order valence-electron chi connectivity index (χ4n) is 1.31. The van der Waals surface area contributed by atoms with Gasteiger partial charge in [0.1, 0.15) is 10.6 Å². The molecule has 0 spiro atoms. The van der Waals surface area contributed by atoms with Crippen molar-refractivity contribution >= 4 is 10.0 Å². The molecule has 0 saturated heterocycles. The first kappa shape index (κ1) is 16.3. The Morgan fingerprint density at radius 1 is 1.50 bits per heavy atom. The average molecular weight is 305 g/mol. The van der Waals surface area contributed by atoms with E-state index in [-0.39, 0.29) is 16.2 Å². The Bertz CT molecular complexity index is 626. The summed E-state index contributed by atoms with van der Waals surface area (Å²) in [6, 6.07) is 5.38. The molecule has 0 atom stereocenters. The first-order valence-electron chi connectivity index (χ1n) is 5.41. The zero-order valence-corrected chi connectivity index (χ0v) is 11.4. The maximum atomic E-state index is 13.0. The lowest BCUT2D eigenvalue weighted by Gasteiger charge is -2.16. The third-order valence-corrected chi connectivity index (χ3v) is 3.84. The van der Waals surface area contributed by atoms with Crippen molar-refractivity contribution in [2.45, 2.75) is 10.8 Å². The Hall–Kier alpha value is -1.76. The Morgan fingerprint density at radius 2 is 2.15 bits per heavy atom. The van der Waals surface area contributed by atoms with E-state index in [2.05, 4.69) is 0 Å². The van der Waals surface area contributed by atoms with Gasteiger partial charge in [-0.2, -0.15) is 5.26 Å². The van der Waals surface area contributed by atoms with Gasteiger partial charge in [0.05, 0.1) is 31.8 Å². The molecule has 110 valence electrons. The van der Waals surface area contributed by atoms with Crippen molar-refractivity contribution in [1.82, 2.24) is 4.72 Å². The van der Waals surface area contributed by atoms with E-state index in [1.165, 1.54) is 19.2 Å². The van der Waals surface area contributed by atoms with Crippen molar-refractivity contribution in [2.24, 2.45) is 5.73 Å². The summed E-state index contributed by atoms with van der Waals surface area (Å²) in [6.07, 6.45) is 0. The number of hydrogen-bond acceptors (Lipinski definition) is 5. The van der Waals surface area contributed by atoms with Crippen LogP contribution in [0.15, 0.2) is 23.1 Å². The molecule has 20 heavy (non-hydrogen) atoms. The molecule has 0 heterocycles. The molecular weight excluding hydrogens is 292 g/mol. The van der Waals surface area contributed by atoms with Crippen LogP contribution in [0.4, 0.5) is 8.78 Å². The molecule has 0 aromatic heterocycles. The van der Waals surface area contributed by atoms with E-state index in [1.807, 2.05) is 6.07 Å². The normalized spacial score (nSPS) is 11.9. The fourth-order valence-corrected chi connectivity index (χ4v) is 2.52. The molecule has 0 radical (unpaired) electrons. The minimum Gasteiger partial charge on any atom is -0.495 e. The fraction of sp³-hybridized carbons (Fsp3) is 0.364. The van der Waals surface area contributed by atoms with Crippen molar-refractivity contribution in [3.63, 3.8) is 0 Å². The number of halogens is 2. The predicted octanol–water partition coefficient (Wildman–Crippen LogP) is 0.439. The average Bonchev–Trinajstić information content (AvgIpc) is 2.44. The molecule has 0 aliphatic carbocycles. The summed E-state index contributed by atoms with van der Waals surface area (Å²) in [7, 11) is -2.98. The number of rotatable bonds is 6. The Morgan fingerprint density at radius 3 is 2.65 bits per heavy atom. The highest BCUT2D eigenvalue weighted by atomic mass is 32.2. The first-order chi connectivity index (χ1) is 9.25. The van der Waals surface area contributed by atoms with E-state index >= 15 is 0 Å². The van der Waals surface area contributed by atoms with Crippen molar-refractivity contribution in [3.05, 3.63) is 23.8 Å². The molecule has 0 bridgehead atoms. The molecule has 0 fully saturated rings. The van der Waals surface area contributed by atoms with Crippen LogP contribution in [0.1, 0.15) is 5.56 Å². The summed E-state index contributed by atoms with van der Waals surface area (Å²) >= 11 is 0. The zero-order chi connectivity index (χ0) is 15.4. The monoisotopic (exact) mass is 305 g/mol. The van der Waals surface area contributed by atoms with Crippen LogP contribution in [-0.2, 0) is 10.0 Å². The van der Waals surface area contributed by atoms with Gasteiger partial charge < -0.3 is 10.5 Å². The Labute approximate surface area is 115 Å². The highest BCUT2D eigenvalue weighted by Crippen LogP contribution is 2.25. The minimum absolute atomic E-state index is 0.104. The number of nitrogens with two attached hydrogens (primary N) is 1. The molecule has 1 rings (SSSR count). The van der Waals surface area contributed by atoms with Gasteiger partial charge in [-0.3, -0.25) is 0 Å². The highest BCUT2D eigenvalue weighted by Gasteiger charge is 2.30. The maximum absolute atomic E-state index is 13.0. The molecule has 1 aromatic rings. The third-order valence-electron chi connectivity index (χ3n) is 2.40. The number of sulfonamides is 1. The number of nitrogens with one attached hydrogen (secondary N) is 1. The Balaban J connectivity index is 3.07. The summed E-state index contributed by atoms with van der Waals surface area (Å²) in [4.78, 5) is -0.327. The van der Waals surface area contributed by atoms with Crippen LogP contribution < -0.4 is 15.2 Å². The first-order valence-corrected chi connectivity index (χ1v) is 6.90. The number of nitrogens with zero attached hydrogens (tertiary/aromatic N) is 1. The van der Waals surface area contributed by atoms with Gasteiger partial charge in [0, 0.05) is 0 Å². The van der Waals surface area contributed by atoms with Gasteiger partial charge in [0.2, 0.25) is 10.0 Å². The quantitative estimate of drug-likeness (QED) is 0.793. The van der Waals surface area contributed by atoms with Crippen LogP contribution in [0.3, 0.4) is 0 Å². The van der Waals surface area contributed by atoms with Gasteiger partial charge >= 0.3 is 0 Å². The lowest BCUT2D eigenvalue weighted by molar-refractivity contribution is 0.0170. The zero-order valence-electron chi connectivity index (χ0n) is 10.6. The van der Waals surface area contributed by atoms with Gasteiger partial charge in [-0.1, -0.05) is 0 Å². The minimum atomic E-state index is -4.19. The van der Waals surface area contributed by atoms with Crippen LogP contribution in [0.25, 0.3) is 0 Å². The third kappa shape index (κ3) is 3.86. The number of benzene rings is 1. The molecule has 3 N–H and O–H groups in total. The molecule has 9 heteroatoms. The summed E-state index contributed by atoms with van der Waals surface area (Å²) in [6.45, 7) is -2.09.